The molecule has 17 heavy (non-hydrogen) atoms. The van der Waals surface area contributed by atoms with Gasteiger partial charge in [-0.25, -0.2) is 0 Å². The van der Waals surface area contributed by atoms with Gasteiger partial charge in [-0.3, -0.25) is 4.68 Å². The Morgan fingerprint density at radius 3 is 2.65 bits per heavy atom. The van der Waals surface area contributed by atoms with Crippen LogP contribution in [0.15, 0.2) is 0 Å². The quantitative estimate of drug-likeness (QED) is 0.896. The van der Waals surface area contributed by atoms with Crippen LogP contribution in [0.4, 0.5) is 0 Å². The molecule has 0 bridgehead atoms. The minimum absolute atomic E-state index is 0.577. The molecule has 0 aliphatic heterocycles. The van der Waals surface area contributed by atoms with Gasteiger partial charge in [0.1, 0.15) is 5.15 Å². The number of halogens is 1. The van der Waals surface area contributed by atoms with E-state index in [1.54, 1.807) is 4.68 Å². The van der Waals surface area contributed by atoms with Crippen molar-refractivity contribution in [3.63, 3.8) is 0 Å². The Morgan fingerprint density at radius 2 is 2.12 bits per heavy atom. The number of hydrogen-bond donors (Lipinski definition) is 1. The number of nitrogens with one attached hydrogen (secondary N) is 1. The lowest BCUT2D eigenvalue weighted by molar-refractivity contribution is 0.380. The summed E-state index contributed by atoms with van der Waals surface area (Å²) >= 11 is 6.22. The Hall–Kier alpha value is -0.540. The Labute approximate surface area is 109 Å². The molecule has 0 aromatic carbocycles. The Bertz CT molecular complexity index is 380. The van der Waals surface area contributed by atoms with Gasteiger partial charge in [-0.2, -0.15) is 5.10 Å². The van der Waals surface area contributed by atoms with Gasteiger partial charge in [0.05, 0.1) is 5.69 Å². The van der Waals surface area contributed by atoms with E-state index < -0.39 is 0 Å². The van der Waals surface area contributed by atoms with Gasteiger partial charge in [-0.15, -0.1) is 0 Å². The highest BCUT2D eigenvalue weighted by molar-refractivity contribution is 6.30. The molecule has 4 heteroatoms. The van der Waals surface area contributed by atoms with Crippen LogP contribution in [0.25, 0.3) is 0 Å². The van der Waals surface area contributed by atoms with Gasteiger partial charge in [0, 0.05) is 25.2 Å². The predicted molar refractivity (Wildman–Crippen MR) is 71.2 cm³/mol. The Morgan fingerprint density at radius 1 is 1.47 bits per heavy atom. The van der Waals surface area contributed by atoms with Crippen LogP contribution in [-0.2, 0) is 13.6 Å². The molecule has 0 unspecified atom stereocenters. The zero-order valence-corrected chi connectivity index (χ0v) is 11.7. The van der Waals surface area contributed by atoms with Gasteiger partial charge >= 0.3 is 0 Å². The van der Waals surface area contributed by atoms with Crippen LogP contribution in [0.3, 0.4) is 0 Å². The topological polar surface area (TPSA) is 29.9 Å². The number of nitrogens with zero attached hydrogens (tertiary/aromatic N) is 2. The van der Waals surface area contributed by atoms with Gasteiger partial charge in [0.25, 0.3) is 0 Å². The number of rotatable bonds is 4. The fourth-order valence-corrected chi connectivity index (χ4v) is 3.00. The first-order valence-electron chi connectivity index (χ1n) is 6.51. The first-order valence-corrected chi connectivity index (χ1v) is 6.88. The fourth-order valence-electron chi connectivity index (χ4n) is 2.76. The van der Waals surface area contributed by atoms with Crippen LogP contribution in [0, 0.1) is 12.8 Å². The van der Waals surface area contributed by atoms with Crippen LogP contribution in [-0.4, -0.2) is 15.8 Å². The summed E-state index contributed by atoms with van der Waals surface area (Å²) in [4.78, 5) is 0. The molecule has 1 aromatic rings. The summed E-state index contributed by atoms with van der Waals surface area (Å²) < 4.78 is 1.74. The van der Waals surface area contributed by atoms with E-state index in [1.807, 2.05) is 14.0 Å². The van der Waals surface area contributed by atoms with E-state index in [0.29, 0.717) is 6.04 Å². The van der Waals surface area contributed by atoms with Crippen LogP contribution in [0.2, 0.25) is 5.15 Å². The first-order chi connectivity index (χ1) is 8.09. The van der Waals surface area contributed by atoms with E-state index in [-0.39, 0.29) is 0 Å². The second-order valence-electron chi connectivity index (χ2n) is 5.19. The average molecular weight is 256 g/mol. The summed E-state index contributed by atoms with van der Waals surface area (Å²) in [7, 11) is 1.89. The van der Waals surface area contributed by atoms with Crippen molar-refractivity contribution in [3.8, 4) is 0 Å². The molecule has 1 aromatic heterocycles. The van der Waals surface area contributed by atoms with E-state index in [1.165, 1.54) is 25.7 Å². The molecular formula is C13H22ClN3. The lowest BCUT2D eigenvalue weighted by Gasteiger charge is -2.20. The maximum Gasteiger partial charge on any atom is 0.131 e. The van der Waals surface area contributed by atoms with E-state index in [2.05, 4.69) is 17.3 Å². The summed E-state index contributed by atoms with van der Waals surface area (Å²) in [6.45, 7) is 5.13. The molecule has 2 rings (SSSR count). The molecule has 0 amide bonds. The summed E-state index contributed by atoms with van der Waals surface area (Å²) in [5.41, 5.74) is 2.17. The minimum atomic E-state index is 0.577. The highest BCUT2D eigenvalue weighted by Crippen LogP contribution is 2.28. The zero-order chi connectivity index (χ0) is 12.4. The van der Waals surface area contributed by atoms with Crippen molar-refractivity contribution >= 4 is 11.6 Å². The number of aryl methyl sites for hydroxylation is 2. The summed E-state index contributed by atoms with van der Waals surface area (Å²) in [6, 6.07) is 0.577. The standard InChI is InChI=1S/C13H22ClN3/c1-9(11-6-4-5-7-11)15-8-12-10(2)16-17(3)13(12)14/h9,11,15H,4-8H2,1-3H3/t9-/m1/s1. The molecular weight excluding hydrogens is 234 g/mol. The van der Waals surface area contributed by atoms with Crippen LogP contribution < -0.4 is 5.32 Å². The molecule has 1 aliphatic carbocycles. The highest BCUT2D eigenvalue weighted by atomic mass is 35.5. The molecule has 1 aliphatic rings. The van der Waals surface area contributed by atoms with E-state index in [0.717, 1.165) is 28.9 Å². The average Bonchev–Trinajstić information content (AvgIpc) is 2.88. The predicted octanol–water partition coefficient (Wildman–Crippen LogP) is 3.05. The van der Waals surface area contributed by atoms with Crippen LogP contribution in [0.5, 0.6) is 0 Å². The Kier molecular flexibility index (Phi) is 4.10. The second-order valence-corrected chi connectivity index (χ2v) is 5.55. The third-order valence-corrected chi connectivity index (χ3v) is 4.45. The van der Waals surface area contributed by atoms with Gasteiger partial charge in [-0.1, -0.05) is 24.4 Å². The van der Waals surface area contributed by atoms with Crippen molar-refractivity contribution in [1.29, 1.82) is 0 Å². The van der Waals surface area contributed by atoms with Crippen LogP contribution in [0.1, 0.15) is 43.9 Å². The minimum Gasteiger partial charge on any atom is -0.310 e. The SMILES string of the molecule is Cc1nn(C)c(Cl)c1CN[C@H](C)C1CCCC1. The second kappa shape index (κ2) is 5.40. The molecule has 1 atom stereocenters. The van der Waals surface area contributed by atoms with Gasteiger partial charge in [-0.05, 0) is 32.6 Å². The summed E-state index contributed by atoms with van der Waals surface area (Å²) in [6.07, 6.45) is 5.52. The van der Waals surface area contributed by atoms with Gasteiger partial charge in [0.2, 0.25) is 0 Å². The maximum atomic E-state index is 6.22. The summed E-state index contributed by atoms with van der Waals surface area (Å²) in [5, 5.41) is 8.69. The van der Waals surface area contributed by atoms with Crippen molar-refractivity contribution in [2.24, 2.45) is 13.0 Å². The molecule has 1 heterocycles. The van der Waals surface area contributed by atoms with Crippen molar-refractivity contribution in [3.05, 3.63) is 16.4 Å². The molecule has 1 N–H and O–H groups in total. The highest BCUT2D eigenvalue weighted by Gasteiger charge is 2.21. The molecule has 0 radical (unpaired) electrons. The van der Waals surface area contributed by atoms with Crippen molar-refractivity contribution in [2.45, 2.75) is 52.1 Å². The maximum absolute atomic E-state index is 6.22. The van der Waals surface area contributed by atoms with Gasteiger partial charge < -0.3 is 5.32 Å². The number of aromatic nitrogens is 2. The van der Waals surface area contributed by atoms with Crippen molar-refractivity contribution in [2.75, 3.05) is 0 Å². The summed E-state index contributed by atoms with van der Waals surface area (Å²) in [5.74, 6) is 0.839. The molecule has 3 nitrogen and oxygen atoms in total. The number of hydrogen-bond acceptors (Lipinski definition) is 2. The van der Waals surface area contributed by atoms with Crippen molar-refractivity contribution in [1.82, 2.24) is 15.1 Å². The van der Waals surface area contributed by atoms with E-state index in [9.17, 15) is 0 Å². The molecule has 0 saturated heterocycles. The largest absolute Gasteiger partial charge is 0.310 e. The van der Waals surface area contributed by atoms with E-state index in [4.69, 9.17) is 11.6 Å². The molecule has 96 valence electrons. The fraction of sp³-hybridized carbons (Fsp3) is 0.769. The third-order valence-electron chi connectivity index (χ3n) is 3.98. The Balaban J connectivity index is 1.92. The molecule has 0 spiro atoms. The lowest BCUT2D eigenvalue weighted by Crippen LogP contribution is -2.31. The first kappa shape index (κ1) is 12.9. The zero-order valence-electron chi connectivity index (χ0n) is 11.0. The van der Waals surface area contributed by atoms with Crippen LogP contribution >= 0.6 is 11.6 Å². The molecule has 1 saturated carbocycles. The van der Waals surface area contributed by atoms with Gasteiger partial charge in [0.15, 0.2) is 0 Å². The molecule has 1 fully saturated rings. The monoisotopic (exact) mass is 255 g/mol. The smallest absolute Gasteiger partial charge is 0.131 e. The lowest BCUT2D eigenvalue weighted by atomic mass is 10.00. The van der Waals surface area contributed by atoms with E-state index >= 15 is 0 Å². The van der Waals surface area contributed by atoms with Crippen molar-refractivity contribution < 1.29 is 0 Å². The third kappa shape index (κ3) is 2.83. The normalized spacial score (nSPS) is 18.8.